The number of esters is 1. The number of benzene rings is 1. The van der Waals surface area contributed by atoms with Gasteiger partial charge in [-0.2, -0.15) is 0 Å². The van der Waals surface area contributed by atoms with Crippen LogP contribution in [-0.2, 0) is 14.3 Å². The van der Waals surface area contributed by atoms with Gasteiger partial charge in [0.1, 0.15) is 11.8 Å². The van der Waals surface area contributed by atoms with Gasteiger partial charge in [-0.05, 0) is 24.3 Å². The van der Waals surface area contributed by atoms with E-state index in [-0.39, 0.29) is 11.7 Å². The molecule has 7 heteroatoms. The molecule has 1 unspecified atom stereocenters. The fourth-order valence-corrected chi connectivity index (χ4v) is 2.13. The second-order valence-corrected chi connectivity index (χ2v) is 4.95. The second kappa shape index (κ2) is 8.44. The standard InChI is InChI=1S/C13H18N2O4S/c1-18-10-5-3-9(4-6-10)15-12(16)8-20-7-11(14)13(17)19-2/h3-6,11H,7-8,14H2,1-2H3,(H,15,16). The van der Waals surface area contributed by atoms with Crippen LogP contribution in [-0.4, -0.2) is 43.6 Å². The summed E-state index contributed by atoms with van der Waals surface area (Å²) in [4.78, 5) is 22.7. The number of rotatable bonds is 7. The van der Waals surface area contributed by atoms with E-state index >= 15 is 0 Å². The maximum absolute atomic E-state index is 11.7. The Morgan fingerprint density at radius 2 is 1.95 bits per heavy atom. The minimum Gasteiger partial charge on any atom is -0.497 e. The molecule has 0 aliphatic rings. The monoisotopic (exact) mass is 298 g/mol. The molecule has 0 radical (unpaired) electrons. The van der Waals surface area contributed by atoms with Crippen LogP contribution in [0, 0.1) is 0 Å². The largest absolute Gasteiger partial charge is 0.497 e. The quantitative estimate of drug-likeness (QED) is 0.726. The summed E-state index contributed by atoms with van der Waals surface area (Å²) in [5.74, 6) is 0.645. The minimum absolute atomic E-state index is 0.155. The fraction of sp³-hybridized carbons (Fsp3) is 0.385. The maximum atomic E-state index is 11.7. The lowest BCUT2D eigenvalue weighted by molar-refractivity contribution is -0.141. The molecule has 0 aliphatic carbocycles. The summed E-state index contributed by atoms with van der Waals surface area (Å²) in [5, 5.41) is 2.74. The van der Waals surface area contributed by atoms with Crippen LogP contribution in [0.5, 0.6) is 5.75 Å². The van der Waals surface area contributed by atoms with Crippen molar-refractivity contribution in [3.05, 3.63) is 24.3 Å². The van der Waals surface area contributed by atoms with E-state index in [1.807, 2.05) is 0 Å². The molecule has 0 saturated heterocycles. The van der Waals surface area contributed by atoms with E-state index in [9.17, 15) is 9.59 Å². The zero-order valence-electron chi connectivity index (χ0n) is 11.4. The zero-order chi connectivity index (χ0) is 15.0. The van der Waals surface area contributed by atoms with Gasteiger partial charge in [0.15, 0.2) is 0 Å². The van der Waals surface area contributed by atoms with E-state index < -0.39 is 12.0 Å². The Morgan fingerprint density at radius 1 is 1.30 bits per heavy atom. The number of hydrogen-bond acceptors (Lipinski definition) is 6. The normalized spacial score (nSPS) is 11.6. The molecule has 3 N–H and O–H groups in total. The van der Waals surface area contributed by atoms with Gasteiger partial charge in [-0.15, -0.1) is 11.8 Å². The number of carbonyl (C=O) groups excluding carboxylic acids is 2. The third-order valence-corrected chi connectivity index (χ3v) is 3.47. The van der Waals surface area contributed by atoms with Crippen LogP contribution in [0.1, 0.15) is 0 Å². The fourth-order valence-electron chi connectivity index (χ4n) is 1.37. The van der Waals surface area contributed by atoms with Crippen LogP contribution in [0.15, 0.2) is 24.3 Å². The third kappa shape index (κ3) is 5.50. The van der Waals surface area contributed by atoms with Gasteiger partial charge in [-0.3, -0.25) is 9.59 Å². The van der Waals surface area contributed by atoms with E-state index in [2.05, 4.69) is 10.1 Å². The molecule has 1 atom stereocenters. The van der Waals surface area contributed by atoms with Gasteiger partial charge in [-0.25, -0.2) is 0 Å². The first kappa shape index (κ1) is 16.3. The highest BCUT2D eigenvalue weighted by Gasteiger charge is 2.14. The molecule has 0 heterocycles. The number of hydrogen-bond donors (Lipinski definition) is 2. The third-order valence-electron chi connectivity index (χ3n) is 2.41. The molecule has 0 aliphatic heterocycles. The molecule has 1 aromatic rings. The number of amides is 1. The van der Waals surface area contributed by atoms with Crippen molar-refractivity contribution in [2.24, 2.45) is 5.73 Å². The Morgan fingerprint density at radius 3 is 2.50 bits per heavy atom. The summed E-state index contributed by atoms with van der Waals surface area (Å²) in [6.45, 7) is 0. The highest BCUT2D eigenvalue weighted by atomic mass is 32.2. The number of nitrogens with two attached hydrogens (primary N) is 1. The summed E-state index contributed by atoms with van der Waals surface area (Å²) in [7, 11) is 2.86. The topological polar surface area (TPSA) is 90.7 Å². The molecule has 20 heavy (non-hydrogen) atoms. The molecular formula is C13H18N2O4S. The Labute approximate surface area is 122 Å². The van der Waals surface area contributed by atoms with E-state index in [1.165, 1.54) is 18.9 Å². The SMILES string of the molecule is COC(=O)C(N)CSCC(=O)Nc1ccc(OC)cc1. The molecule has 1 rings (SSSR count). The maximum Gasteiger partial charge on any atom is 0.323 e. The van der Waals surface area contributed by atoms with Crippen LogP contribution >= 0.6 is 11.8 Å². The van der Waals surface area contributed by atoms with E-state index in [4.69, 9.17) is 10.5 Å². The van der Waals surface area contributed by atoms with Crippen molar-refractivity contribution >= 4 is 29.3 Å². The molecule has 1 aromatic carbocycles. The van der Waals surface area contributed by atoms with E-state index in [1.54, 1.807) is 31.4 Å². The summed E-state index contributed by atoms with van der Waals surface area (Å²) < 4.78 is 9.52. The lowest BCUT2D eigenvalue weighted by atomic mass is 10.3. The Kier molecular flexibility index (Phi) is 6.89. The minimum atomic E-state index is -0.709. The van der Waals surface area contributed by atoms with Crippen molar-refractivity contribution in [2.75, 3.05) is 31.0 Å². The van der Waals surface area contributed by atoms with Gasteiger partial charge >= 0.3 is 5.97 Å². The first-order valence-electron chi connectivity index (χ1n) is 5.92. The Bertz CT molecular complexity index is 450. The average molecular weight is 298 g/mol. The van der Waals surface area contributed by atoms with Crippen molar-refractivity contribution in [3.8, 4) is 5.75 Å². The first-order chi connectivity index (χ1) is 9.56. The number of nitrogens with one attached hydrogen (secondary N) is 1. The van der Waals surface area contributed by atoms with Crippen LogP contribution < -0.4 is 15.8 Å². The first-order valence-corrected chi connectivity index (χ1v) is 7.07. The number of carbonyl (C=O) groups is 2. The van der Waals surface area contributed by atoms with Gasteiger partial charge < -0.3 is 20.5 Å². The van der Waals surface area contributed by atoms with Crippen molar-refractivity contribution in [2.45, 2.75) is 6.04 Å². The number of anilines is 1. The van der Waals surface area contributed by atoms with Gasteiger partial charge in [0, 0.05) is 11.4 Å². The second-order valence-electron chi connectivity index (χ2n) is 3.92. The lowest BCUT2D eigenvalue weighted by Gasteiger charge is -2.09. The predicted molar refractivity (Wildman–Crippen MR) is 78.9 cm³/mol. The Hall–Kier alpha value is -1.73. The van der Waals surface area contributed by atoms with Crippen molar-refractivity contribution in [3.63, 3.8) is 0 Å². The van der Waals surface area contributed by atoms with Gasteiger partial charge in [0.2, 0.25) is 5.91 Å². The summed E-state index contributed by atoms with van der Waals surface area (Å²) in [6, 6.07) is 6.31. The highest BCUT2D eigenvalue weighted by Crippen LogP contribution is 2.15. The Balaban J connectivity index is 2.31. The lowest BCUT2D eigenvalue weighted by Crippen LogP contribution is -2.34. The number of methoxy groups -OCH3 is 2. The van der Waals surface area contributed by atoms with Gasteiger partial charge in [0.25, 0.3) is 0 Å². The highest BCUT2D eigenvalue weighted by molar-refractivity contribution is 8.00. The summed E-state index contributed by atoms with van der Waals surface area (Å²) >= 11 is 1.28. The molecule has 0 fully saturated rings. The van der Waals surface area contributed by atoms with Crippen LogP contribution in [0.4, 0.5) is 5.69 Å². The molecule has 0 saturated carbocycles. The summed E-state index contributed by atoms with van der Waals surface area (Å²) in [6.07, 6.45) is 0. The molecular weight excluding hydrogens is 280 g/mol. The van der Waals surface area contributed by atoms with Gasteiger partial charge in [-0.1, -0.05) is 0 Å². The van der Waals surface area contributed by atoms with Crippen molar-refractivity contribution in [1.82, 2.24) is 0 Å². The molecule has 0 aromatic heterocycles. The molecule has 6 nitrogen and oxygen atoms in total. The van der Waals surface area contributed by atoms with Crippen LogP contribution in [0.25, 0.3) is 0 Å². The van der Waals surface area contributed by atoms with E-state index in [0.29, 0.717) is 11.4 Å². The smallest absolute Gasteiger partial charge is 0.323 e. The molecule has 110 valence electrons. The number of ether oxygens (including phenoxy) is 2. The zero-order valence-corrected chi connectivity index (χ0v) is 12.2. The molecule has 0 spiro atoms. The van der Waals surface area contributed by atoms with Gasteiger partial charge in [0.05, 0.1) is 20.0 Å². The van der Waals surface area contributed by atoms with E-state index in [0.717, 1.165) is 5.75 Å². The summed E-state index contributed by atoms with van der Waals surface area (Å²) in [5.41, 5.74) is 6.25. The predicted octanol–water partition coefficient (Wildman–Crippen LogP) is 0.867. The average Bonchev–Trinajstić information content (AvgIpc) is 2.47. The molecule has 0 bridgehead atoms. The number of thioether (sulfide) groups is 1. The van der Waals surface area contributed by atoms with Crippen LogP contribution in [0.3, 0.4) is 0 Å². The van der Waals surface area contributed by atoms with Crippen molar-refractivity contribution in [1.29, 1.82) is 0 Å². The molecule has 1 amide bonds. The van der Waals surface area contributed by atoms with Crippen LogP contribution in [0.2, 0.25) is 0 Å². The van der Waals surface area contributed by atoms with Crippen molar-refractivity contribution < 1.29 is 19.1 Å².